The lowest BCUT2D eigenvalue weighted by Crippen LogP contribution is -1.93. The summed E-state index contributed by atoms with van der Waals surface area (Å²) >= 11 is 0. The number of rotatable bonds is 3. The second kappa shape index (κ2) is 4.57. The van der Waals surface area contributed by atoms with E-state index in [0.29, 0.717) is 6.41 Å². The summed E-state index contributed by atoms with van der Waals surface area (Å²) in [6.45, 7) is 2.03. The molecule has 2 aromatic rings. The Bertz CT molecular complexity index is 492. The first-order valence-corrected chi connectivity index (χ1v) is 5.03. The molecule has 0 bridgehead atoms. The molecule has 1 N–H and O–H groups in total. The summed E-state index contributed by atoms with van der Waals surface area (Å²) in [6.07, 6.45) is 2.45. The van der Waals surface area contributed by atoms with E-state index in [9.17, 15) is 4.79 Å². The van der Waals surface area contributed by atoms with Gasteiger partial charge in [-0.05, 0) is 30.7 Å². The number of nitrogens with one attached hydrogen (secondary N) is 1. The number of aryl methyl sites for hydroxylation is 1. The molecule has 0 fully saturated rings. The third-order valence-corrected chi connectivity index (χ3v) is 2.39. The summed E-state index contributed by atoms with van der Waals surface area (Å²) in [5.74, 6) is 0. The number of amides is 1. The molecule has 2 rings (SSSR count). The van der Waals surface area contributed by atoms with Crippen LogP contribution >= 0.6 is 0 Å². The zero-order valence-electron chi connectivity index (χ0n) is 8.97. The van der Waals surface area contributed by atoms with Crippen molar-refractivity contribution >= 4 is 12.1 Å². The molecule has 0 saturated carbocycles. The van der Waals surface area contributed by atoms with Gasteiger partial charge in [0.1, 0.15) is 0 Å². The van der Waals surface area contributed by atoms with Crippen LogP contribution in [0.3, 0.4) is 0 Å². The number of hydrogen-bond donors (Lipinski definition) is 1. The number of benzene rings is 1. The zero-order chi connectivity index (χ0) is 11.4. The van der Waals surface area contributed by atoms with Gasteiger partial charge in [0.25, 0.3) is 0 Å². The maximum Gasteiger partial charge on any atom is 0.211 e. The van der Waals surface area contributed by atoms with Crippen LogP contribution in [-0.2, 0) is 4.79 Å². The topological polar surface area (TPSA) is 42.0 Å². The highest BCUT2D eigenvalue weighted by Gasteiger charge is 2.01. The van der Waals surface area contributed by atoms with Gasteiger partial charge in [-0.3, -0.25) is 9.78 Å². The van der Waals surface area contributed by atoms with E-state index in [4.69, 9.17) is 0 Å². The third-order valence-electron chi connectivity index (χ3n) is 2.39. The average Bonchev–Trinajstić information content (AvgIpc) is 2.31. The number of aromatic nitrogens is 1. The fourth-order valence-electron chi connectivity index (χ4n) is 1.58. The number of carbonyl (C=O) groups excluding carboxylic acids is 1. The predicted molar refractivity (Wildman–Crippen MR) is 64.1 cm³/mol. The Hall–Kier alpha value is -2.16. The maximum absolute atomic E-state index is 10.3. The first-order chi connectivity index (χ1) is 7.81. The van der Waals surface area contributed by atoms with Crippen molar-refractivity contribution in [3.05, 3.63) is 48.2 Å². The van der Waals surface area contributed by atoms with Crippen LogP contribution in [0, 0.1) is 6.92 Å². The zero-order valence-corrected chi connectivity index (χ0v) is 8.97. The molecule has 80 valence electrons. The molecule has 16 heavy (non-hydrogen) atoms. The van der Waals surface area contributed by atoms with Crippen LogP contribution in [0.15, 0.2) is 42.6 Å². The molecule has 1 aromatic carbocycles. The lowest BCUT2D eigenvalue weighted by Gasteiger charge is -2.05. The van der Waals surface area contributed by atoms with Gasteiger partial charge in [-0.1, -0.05) is 18.2 Å². The number of nitrogens with zero attached hydrogens (tertiary/aromatic N) is 1. The summed E-state index contributed by atoms with van der Waals surface area (Å²) in [4.78, 5) is 14.6. The molecule has 0 radical (unpaired) electrons. The van der Waals surface area contributed by atoms with Crippen molar-refractivity contribution in [1.29, 1.82) is 0 Å². The van der Waals surface area contributed by atoms with E-state index in [1.807, 2.05) is 43.3 Å². The molecule has 1 heterocycles. The summed E-state index contributed by atoms with van der Waals surface area (Å²) in [6, 6.07) is 11.6. The second-order valence-corrected chi connectivity index (χ2v) is 3.51. The summed E-state index contributed by atoms with van der Waals surface area (Å²) in [7, 11) is 0. The van der Waals surface area contributed by atoms with Gasteiger partial charge in [0.15, 0.2) is 0 Å². The number of pyridine rings is 1. The highest BCUT2D eigenvalue weighted by Crippen LogP contribution is 2.21. The molecule has 3 nitrogen and oxygen atoms in total. The van der Waals surface area contributed by atoms with Crippen molar-refractivity contribution in [2.24, 2.45) is 0 Å². The normalized spacial score (nSPS) is 9.81. The summed E-state index contributed by atoms with van der Waals surface area (Å²) in [5, 5.41) is 2.60. The molecule has 0 unspecified atom stereocenters. The van der Waals surface area contributed by atoms with E-state index in [1.165, 1.54) is 0 Å². The van der Waals surface area contributed by atoms with Gasteiger partial charge >= 0.3 is 0 Å². The van der Waals surface area contributed by atoms with Crippen LogP contribution in [0.1, 0.15) is 5.56 Å². The Morgan fingerprint density at radius 3 is 2.56 bits per heavy atom. The first kappa shape index (κ1) is 10.4. The fourth-order valence-corrected chi connectivity index (χ4v) is 1.58. The van der Waals surface area contributed by atoms with Crippen LogP contribution < -0.4 is 5.32 Å². The Morgan fingerprint density at radius 2 is 1.94 bits per heavy atom. The van der Waals surface area contributed by atoms with Gasteiger partial charge in [-0.2, -0.15) is 0 Å². The summed E-state index contributed by atoms with van der Waals surface area (Å²) in [5.41, 5.74) is 3.95. The van der Waals surface area contributed by atoms with Crippen LogP contribution in [-0.4, -0.2) is 11.4 Å². The van der Waals surface area contributed by atoms with Gasteiger partial charge in [-0.15, -0.1) is 0 Å². The smallest absolute Gasteiger partial charge is 0.211 e. The highest BCUT2D eigenvalue weighted by atomic mass is 16.1. The lowest BCUT2D eigenvalue weighted by molar-refractivity contribution is -0.105. The van der Waals surface area contributed by atoms with Gasteiger partial charge in [0.2, 0.25) is 6.41 Å². The summed E-state index contributed by atoms with van der Waals surface area (Å²) < 4.78 is 0. The van der Waals surface area contributed by atoms with E-state index in [0.717, 1.165) is 22.5 Å². The molecule has 0 aliphatic carbocycles. The highest BCUT2D eigenvalue weighted by molar-refractivity contribution is 5.73. The number of anilines is 1. The number of hydrogen-bond acceptors (Lipinski definition) is 2. The maximum atomic E-state index is 10.3. The minimum Gasteiger partial charge on any atom is -0.329 e. The van der Waals surface area contributed by atoms with Crippen molar-refractivity contribution < 1.29 is 4.79 Å². The molecule has 1 aromatic heterocycles. The van der Waals surface area contributed by atoms with Crippen LogP contribution in [0.5, 0.6) is 0 Å². The predicted octanol–water partition coefficient (Wildman–Crippen LogP) is 2.63. The lowest BCUT2D eigenvalue weighted by atomic mass is 10.1. The fraction of sp³-hybridized carbons (Fsp3) is 0.0769. The molecule has 3 heteroatoms. The molecule has 1 amide bonds. The SMILES string of the molecule is Cc1cccnc1-c1ccc(NC=O)cc1. The standard InChI is InChI=1S/C13H12N2O/c1-10-3-2-8-14-13(10)11-4-6-12(7-5-11)15-9-16/h2-9H,1H3,(H,15,16). The Kier molecular flexibility index (Phi) is 2.96. The van der Waals surface area contributed by atoms with Gasteiger partial charge < -0.3 is 5.32 Å². The van der Waals surface area contributed by atoms with Crippen LogP contribution in [0.4, 0.5) is 5.69 Å². The third kappa shape index (κ3) is 2.08. The Morgan fingerprint density at radius 1 is 1.19 bits per heavy atom. The van der Waals surface area contributed by atoms with E-state index < -0.39 is 0 Å². The van der Waals surface area contributed by atoms with Crippen molar-refractivity contribution in [3.63, 3.8) is 0 Å². The van der Waals surface area contributed by atoms with E-state index in [2.05, 4.69) is 10.3 Å². The van der Waals surface area contributed by atoms with Gasteiger partial charge in [0.05, 0.1) is 5.69 Å². The second-order valence-electron chi connectivity index (χ2n) is 3.51. The van der Waals surface area contributed by atoms with Crippen LogP contribution in [0.2, 0.25) is 0 Å². The van der Waals surface area contributed by atoms with E-state index >= 15 is 0 Å². The van der Waals surface area contributed by atoms with Crippen LogP contribution in [0.25, 0.3) is 11.3 Å². The van der Waals surface area contributed by atoms with E-state index in [1.54, 1.807) is 6.20 Å². The van der Waals surface area contributed by atoms with Gasteiger partial charge in [0, 0.05) is 17.4 Å². The van der Waals surface area contributed by atoms with E-state index in [-0.39, 0.29) is 0 Å². The molecular weight excluding hydrogens is 200 g/mol. The molecule has 0 aliphatic rings. The van der Waals surface area contributed by atoms with Crippen molar-refractivity contribution in [1.82, 2.24) is 4.98 Å². The Labute approximate surface area is 94.1 Å². The Balaban J connectivity index is 2.35. The largest absolute Gasteiger partial charge is 0.329 e. The minimum absolute atomic E-state index is 0.668. The average molecular weight is 212 g/mol. The minimum atomic E-state index is 0.668. The van der Waals surface area contributed by atoms with Crippen molar-refractivity contribution in [2.75, 3.05) is 5.32 Å². The first-order valence-electron chi connectivity index (χ1n) is 5.03. The molecule has 0 atom stereocenters. The van der Waals surface area contributed by atoms with Crippen molar-refractivity contribution in [3.8, 4) is 11.3 Å². The molecule has 0 saturated heterocycles. The molecular formula is C13H12N2O. The number of carbonyl (C=O) groups is 1. The molecule has 0 spiro atoms. The molecule has 0 aliphatic heterocycles. The van der Waals surface area contributed by atoms with Gasteiger partial charge in [-0.25, -0.2) is 0 Å². The van der Waals surface area contributed by atoms with Crippen molar-refractivity contribution in [2.45, 2.75) is 6.92 Å². The quantitative estimate of drug-likeness (QED) is 0.794. The monoisotopic (exact) mass is 212 g/mol.